The first-order valence-corrected chi connectivity index (χ1v) is 7.10. The Labute approximate surface area is 185 Å². The number of aryl methyl sites for hydroxylation is 2. The topological polar surface area (TPSA) is 0 Å². The number of benzene rings is 2. The van der Waals surface area contributed by atoms with Gasteiger partial charge in [-0.2, -0.15) is 22.9 Å². The number of rotatable bonds is 4. The fourth-order valence-electron chi connectivity index (χ4n) is 2.83. The molecule has 0 unspecified atom stereocenters. The van der Waals surface area contributed by atoms with Crippen molar-refractivity contribution in [2.24, 2.45) is 0 Å². The van der Waals surface area contributed by atoms with Crippen LogP contribution in [-0.4, -0.2) is 0 Å². The maximum Gasteiger partial charge on any atom is 0 e. The average Bonchev–Trinajstić information content (AvgIpc) is 2.43. The number of hydrogen-bond donors (Lipinski definition) is 0. The van der Waals surface area contributed by atoms with E-state index in [2.05, 4.69) is 26.0 Å². The van der Waals surface area contributed by atoms with Gasteiger partial charge in [-0.15, -0.1) is 13.8 Å². The van der Waals surface area contributed by atoms with Crippen molar-refractivity contribution in [2.45, 2.75) is 40.5 Å². The van der Waals surface area contributed by atoms with Crippen molar-refractivity contribution in [1.29, 1.82) is 0 Å². The van der Waals surface area contributed by atoms with Crippen LogP contribution in [0.15, 0.2) is 12.1 Å². The Balaban J connectivity index is 0.00000220. The quantitative estimate of drug-likeness (QED) is 0.574. The molecule has 0 aliphatic rings. The predicted molar refractivity (Wildman–Crippen MR) is 87.1 cm³/mol. The van der Waals surface area contributed by atoms with E-state index >= 15 is 0 Å². The Kier molecular flexibility index (Phi) is 9.80. The molecule has 0 saturated heterocycles. The monoisotopic (exact) mass is 438 g/mol. The molecule has 2 heteroatoms. The van der Waals surface area contributed by atoms with E-state index in [4.69, 9.17) is 13.2 Å². The van der Waals surface area contributed by atoms with E-state index in [1.54, 1.807) is 0 Å². The van der Waals surface area contributed by atoms with E-state index in [0.717, 1.165) is 35.1 Å². The molecule has 0 atom stereocenters. The van der Waals surface area contributed by atoms with Gasteiger partial charge in [0.25, 0.3) is 0 Å². The molecule has 22 heavy (non-hydrogen) atoms. The van der Waals surface area contributed by atoms with Crippen LogP contribution in [0.1, 0.15) is 49.9 Å². The Bertz CT molecular complexity index is 635. The fraction of sp³-hybridized carbons (Fsp3) is 0.300. The van der Waals surface area contributed by atoms with Gasteiger partial charge in [-0.1, -0.05) is 26.7 Å². The van der Waals surface area contributed by atoms with Crippen LogP contribution in [-0.2, 0) is 78.3 Å². The molecule has 0 aliphatic heterocycles. The van der Waals surface area contributed by atoms with E-state index in [-0.39, 0.29) is 65.4 Å². The summed E-state index contributed by atoms with van der Waals surface area (Å²) in [5, 5.41) is 2.43. The summed E-state index contributed by atoms with van der Waals surface area (Å²) in [6.07, 6.45) is 1.86. The standard InChI is InChI=1S/C20H20.2Y/c1-7-15-17(13(3)4)9-12-20-16(8-2)18(14(5)6)10-11-19(15)20;;/h3,5,11-12H,7-8H2,1-2,4,6H3;;/q-4;;. The van der Waals surface area contributed by atoms with Crippen LogP contribution in [0.25, 0.3) is 21.9 Å². The Morgan fingerprint density at radius 3 is 1.36 bits per heavy atom. The molecule has 0 fully saturated rings. The molecular formula is C20H20Y2-4. The average molecular weight is 438 g/mol. The first kappa shape index (κ1) is 22.4. The first-order chi connectivity index (χ1) is 9.51. The molecule has 0 aromatic heterocycles. The van der Waals surface area contributed by atoms with Gasteiger partial charge in [-0.05, 0) is 0 Å². The molecular weight excluding hydrogens is 418 g/mol. The molecule has 0 spiro atoms. The normalized spacial score (nSPS) is 9.82. The van der Waals surface area contributed by atoms with E-state index in [1.807, 2.05) is 26.0 Å². The Hall–Kier alpha value is 0.388. The zero-order valence-corrected chi connectivity index (χ0v) is 19.6. The van der Waals surface area contributed by atoms with Gasteiger partial charge >= 0.3 is 0 Å². The molecule has 0 aliphatic carbocycles. The van der Waals surface area contributed by atoms with Gasteiger partial charge in [0.1, 0.15) is 0 Å². The zero-order chi connectivity index (χ0) is 14.9. The second kappa shape index (κ2) is 9.63. The van der Waals surface area contributed by atoms with Gasteiger partial charge in [0, 0.05) is 65.4 Å². The van der Waals surface area contributed by atoms with Crippen molar-refractivity contribution in [3.63, 3.8) is 0 Å². The van der Waals surface area contributed by atoms with Crippen LogP contribution in [0, 0.1) is 25.3 Å². The third-order valence-electron chi connectivity index (χ3n) is 3.76. The molecule has 2 radical (unpaired) electrons. The van der Waals surface area contributed by atoms with Gasteiger partial charge < -0.3 is 35.4 Å². The smallest absolute Gasteiger partial charge is 0 e. The van der Waals surface area contributed by atoms with Crippen LogP contribution < -0.4 is 0 Å². The summed E-state index contributed by atoms with van der Waals surface area (Å²) in [6, 6.07) is 10.8. The van der Waals surface area contributed by atoms with E-state index < -0.39 is 0 Å². The number of allylic oxidation sites excluding steroid dienone is 2. The summed E-state index contributed by atoms with van der Waals surface area (Å²) < 4.78 is 0. The Morgan fingerprint density at radius 2 is 1.14 bits per heavy atom. The molecule has 0 nitrogen and oxygen atoms in total. The molecule has 0 N–H and O–H groups in total. The summed E-state index contributed by atoms with van der Waals surface area (Å²) in [7, 11) is 0. The van der Waals surface area contributed by atoms with Crippen LogP contribution >= 0.6 is 0 Å². The van der Waals surface area contributed by atoms with Crippen molar-refractivity contribution in [2.75, 3.05) is 0 Å². The van der Waals surface area contributed by atoms with Gasteiger partial charge in [-0.3, -0.25) is 0 Å². The maximum absolute atomic E-state index is 5.98. The minimum absolute atomic E-state index is 0. The van der Waals surface area contributed by atoms with Gasteiger partial charge in [0.2, 0.25) is 0 Å². The second-order valence-electron chi connectivity index (χ2n) is 5.18. The number of fused-ring (bicyclic) bond motifs is 1. The van der Waals surface area contributed by atoms with Crippen molar-refractivity contribution in [1.82, 2.24) is 0 Å². The van der Waals surface area contributed by atoms with Crippen LogP contribution in [0.5, 0.6) is 0 Å². The summed E-state index contributed by atoms with van der Waals surface area (Å²) >= 11 is 0. The van der Waals surface area contributed by atoms with Crippen LogP contribution in [0.3, 0.4) is 0 Å². The van der Waals surface area contributed by atoms with Crippen LogP contribution in [0.4, 0.5) is 0 Å². The molecule has 2 rings (SSSR count). The second-order valence-corrected chi connectivity index (χ2v) is 5.18. The minimum atomic E-state index is 0. The summed E-state index contributed by atoms with van der Waals surface area (Å²) in [6.45, 7) is 20.1. The van der Waals surface area contributed by atoms with E-state index in [1.165, 1.54) is 21.9 Å². The maximum atomic E-state index is 5.98. The SMILES string of the molecule is [CH-]=C(C)c1[c-]cc2c(CC)c(C(=[CH-])C)[c-]cc2c1CC.[Y].[Y]. The van der Waals surface area contributed by atoms with Crippen molar-refractivity contribution < 1.29 is 65.4 Å². The first-order valence-electron chi connectivity index (χ1n) is 7.10. The third-order valence-corrected chi connectivity index (χ3v) is 3.76. The minimum Gasteiger partial charge on any atom is -0.341 e. The fourth-order valence-corrected chi connectivity index (χ4v) is 2.83. The zero-order valence-electron chi connectivity index (χ0n) is 13.9. The van der Waals surface area contributed by atoms with Crippen molar-refractivity contribution in [3.8, 4) is 0 Å². The third kappa shape index (κ3) is 4.27. The molecule has 0 amide bonds. The predicted octanol–water partition coefficient (Wildman–Crippen LogP) is 5.23. The summed E-state index contributed by atoms with van der Waals surface area (Å²) in [5.41, 5.74) is 6.16. The van der Waals surface area contributed by atoms with Gasteiger partial charge in [-0.25, -0.2) is 23.3 Å². The van der Waals surface area contributed by atoms with Gasteiger partial charge in [0.15, 0.2) is 0 Å². The molecule has 2 aromatic carbocycles. The molecule has 0 saturated carbocycles. The van der Waals surface area contributed by atoms with E-state index in [0.29, 0.717) is 0 Å². The number of hydrogen-bond acceptors (Lipinski definition) is 0. The van der Waals surface area contributed by atoms with Crippen molar-refractivity contribution in [3.05, 3.63) is 59.7 Å². The van der Waals surface area contributed by atoms with Crippen LogP contribution in [0.2, 0.25) is 0 Å². The molecule has 0 bridgehead atoms. The Morgan fingerprint density at radius 1 is 0.818 bits per heavy atom. The molecule has 0 heterocycles. The molecule has 2 aromatic rings. The largest absolute Gasteiger partial charge is 0.341 e. The summed E-state index contributed by atoms with van der Waals surface area (Å²) in [4.78, 5) is 0. The summed E-state index contributed by atoms with van der Waals surface area (Å²) in [5.74, 6) is 0. The molecule has 110 valence electrons. The van der Waals surface area contributed by atoms with E-state index in [9.17, 15) is 0 Å². The van der Waals surface area contributed by atoms with Gasteiger partial charge in [0.05, 0.1) is 0 Å². The van der Waals surface area contributed by atoms with Crippen molar-refractivity contribution >= 4 is 21.9 Å².